The Balaban J connectivity index is 4.05. The molecule has 0 aromatic rings. The van der Waals surface area contributed by atoms with Crippen molar-refractivity contribution in [3.8, 4) is 0 Å². The zero-order valence-corrected chi connectivity index (χ0v) is 29.5. The van der Waals surface area contributed by atoms with Gasteiger partial charge in [-0.25, -0.2) is 0 Å². The van der Waals surface area contributed by atoms with Gasteiger partial charge in [-0.3, -0.25) is 9.59 Å². The molecule has 0 amide bonds. The highest BCUT2D eigenvalue weighted by Crippen LogP contribution is 2.19. The van der Waals surface area contributed by atoms with Crippen LogP contribution in [0, 0.1) is 0 Å². The molecule has 0 heterocycles. The highest BCUT2D eigenvalue weighted by molar-refractivity contribution is 5.69. The summed E-state index contributed by atoms with van der Waals surface area (Å²) >= 11 is 0. The SMILES string of the molecule is CCCCC/C=C\C/C=C\CCCCCCCC(=O)OC(CCCCCCCCCC)CCCCCCCCCCC(=O)O. The number of rotatable bonds is 35. The molecule has 258 valence electrons. The predicted octanol–water partition coefficient (Wildman–Crippen LogP) is 13.2. The number of allylic oxidation sites excluding steroid dienone is 4. The number of aliphatic carboxylic acids is 1. The van der Waals surface area contributed by atoms with E-state index in [1.165, 1.54) is 128 Å². The number of carboxylic acids is 1. The molecule has 4 nitrogen and oxygen atoms in total. The van der Waals surface area contributed by atoms with E-state index in [2.05, 4.69) is 38.2 Å². The topological polar surface area (TPSA) is 63.6 Å². The molecule has 0 bridgehead atoms. The minimum atomic E-state index is -0.682. The molecule has 0 saturated heterocycles. The molecule has 0 aliphatic rings. The Morgan fingerprint density at radius 2 is 0.886 bits per heavy atom. The summed E-state index contributed by atoms with van der Waals surface area (Å²) in [7, 11) is 0. The summed E-state index contributed by atoms with van der Waals surface area (Å²) in [5, 5.41) is 8.73. The van der Waals surface area contributed by atoms with Crippen molar-refractivity contribution in [2.75, 3.05) is 0 Å². The van der Waals surface area contributed by atoms with Crippen LogP contribution in [0.15, 0.2) is 24.3 Å². The summed E-state index contributed by atoms with van der Waals surface area (Å²) in [4.78, 5) is 23.3. The van der Waals surface area contributed by atoms with E-state index in [0.29, 0.717) is 12.8 Å². The Hall–Kier alpha value is -1.58. The van der Waals surface area contributed by atoms with Crippen molar-refractivity contribution in [2.45, 2.75) is 219 Å². The Morgan fingerprint density at radius 3 is 1.39 bits per heavy atom. The van der Waals surface area contributed by atoms with Gasteiger partial charge in [0, 0.05) is 12.8 Å². The fourth-order valence-electron chi connectivity index (χ4n) is 5.80. The first kappa shape index (κ1) is 42.4. The summed E-state index contributed by atoms with van der Waals surface area (Å²) in [5.74, 6) is -0.667. The first-order chi connectivity index (χ1) is 21.6. The lowest BCUT2D eigenvalue weighted by Crippen LogP contribution is -2.18. The molecular formula is C40H74O4. The van der Waals surface area contributed by atoms with Crippen molar-refractivity contribution < 1.29 is 19.4 Å². The van der Waals surface area contributed by atoms with E-state index in [9.17, 15) is 9.59 Å². The lowest BCUT2D eigenvalue weighted by molar-refractivity contribution is -0.150. The maximum absolute atomic E-state index is 12.7. The third kappa shape index (κ3) is 34.9. The second-order valence-electron chi connectivity index (χ2n) is 13.1. The summed E-state index contributed by atoms with van der Waals surface area (Å²) < 4.78 is 6.02. The summed E-state index contributed by atoms with van der Waals surface area (Å²) in [6, 6.07) is 0. The first-order valence-corrected chi connectivity index (χ1v) is 19.3. The zero-order chi connectivity index (χ0) is 32.2. The van der Waals surface area contributed by atoms with Gasteiger partial charge < -0.3 is 9.84 Å². The number of hydrogen-bond donors (Lipinski definition) is 1. The van der Waals surface area contributed by atoms with E-state index in [0.717, 1.165) is 57.8 Å². The van der Waals surface area contributed by atoms with Crippen LogP contribution in [0.4, 0.5) is 0 Å². The van der Waals surface area contributed by atoms with Crippen molar-refractivity contribution in [1.82, 2.24) is 0 Å². The van der Waals surface area contributed by atoms with Crippen LogP contribution in [-0.4, -0.2) is 23.1 Å². The Morgan fingerprint density at radius 1 is 0.500 bits per heavy atom. The Bertz CT molecular complexity index is 668. The standard InChI is InChI=1S/C40H74O4/c1-3-5-7-9-11-13-14-15-16-17-18-19-25-29-33-37-40(43)44-38(34-30-26-22-12-10-8-6-4-2)35-31-27-23-20-21-24-28-32-36-39(41)42/h11,13,15-16,38H,3-10,12,14,17-37H2,1-2H3,(H,41,42)/b13-11-,16-15-. The van der Waals surface area contributed by atoms with Gasteiger partial charge in [0.15, 0.2) is 0 Å². The zero-order valence-electron chi connectivity index (χ0n) is 29.5. The van der Waals surface area contributed by atoms with E-state index in [-0.39, 0.29) is 12.1 Å². The number of carbonyl (C=O) groups is 2. The van der Waals surface area contributed by atoms with Gasteiger partial charge in [-0.15, -0.1) is 0 Å². The summed E-state index contributed by atoms with van der Waals surface area (Å²) in [6.07, 6.45) is 44.8. The first-order valence-electron chi connectivity index (χ1n) is 19.3. The highest BCUT2D eigenvalue weighted by atomic mass is 16.5. The van der Waals surface area contributed by atoms with Gasteiger partial charge >= 0.3 is 11.9 Å². The quantitative estimate of drug-likeness (QED) is 0.0436. The van der Waals surface area contributed by atoms with Gasteiger partial charge in [-0.2, -0.15) is 0 Å². The van der Waals surface area contributed by atoms with E-state index in [4.69, 9.17) is 9.84 Å². The number of esters is 1. The van der Waals surface area contributed by atoms with Crippen LogP contribution in [-0.2, 0) is 14.3 Å². The molecule has 0 aromatic carbocycles. The summed E-state index contributed by atoms with van der Waals surface area (Å²) in [5.41, 5.74) is 0. The highest BCUT2D eigenvalue weighted by Gasteiger charge is 2.14. The number of carboxylic acid groups (broad SMARTS) is 1. The van der Waals surface area contributed by atoms with Gasteiger partial charge in [-0.1, -0.05) is 154 Å². The molecule has 0 saturated carbocycles. The van der Waals surface area contributed by atoms with Crippen molar-refractivity contribution in [3.63, 3.8) is 0 Å². The maximum atomic E-state index is 12.7. The van der Waals surface area contributed by atoms with E-state index in [1.807, 2.05) is 0 Å². The molecule has 0 spiro atoms. The minimum absolute atomic E-state index is 0.0154. The molecule has 1 unspecified atom stereocenters. The number of unbranched alkanes of at least 4 members (excludes halogenated alkanes) is 22. The Labute approximate surface area is 274 Å². The van der Waals surface area contributed by atoms with Crippen molar-refractivity contribution >= 4 is 11.9 Å². The molecule has 44 heavy (non-hydrogen) atoms. The molecule has 1 atom stereocenters. The second-order valence-corrected chi connectivity index (χ2v) is 13.1. The summed E-state index contributed by atoms with van der Waals surface area (Å²) in [6.45, 7) is 4.52. The van der Waals surface area contributed by atoms with Crippen LogP contribution in [0.3, 0.4) is 0 Å². The average Bonchev–Trinajstić information content (AvgIpc) is 3.01. The Kier molecular flexibility index (Phi) is 34.6. The van der Waals surface area contributed by atoms with Crippen molar-refractivity contribution in [3.05, 3.63) is 24.3 Å². The van der Waals surface area contributed by atoms with Crippen LogP contribution in [0.1, 0.15) is 213 Å². The molecule has 0 rings (SSSR count). The van der Waals surface area contributed by atoms with Gasteiger partial charge in [-0.05, 0) is 70.6 Å². The van der Waals surface area contributed by atoms with Crippen LogP contribution in [0.2, 0.25) is 0 Å². The van der Waals surface area contributed by atoms with Crippen molar-refractivity contribution in [1.29, 1.82) is 0 Å². The molecule has 4 heteroatoms. The molecule has 0 aliphatic heterocycles. The predicted molar refractivity (Wildman–Crippen MR) is 190 cm³/mol. The van der Waals surface area contributed by atoms with Gasteiger partial charge in [0.25, 0.3) is 0 Å². The second kappa shape index (κ2) is 35.9. The largest absolute Gasteiger partial charge is 0.481 e. The third-order valence-electron chi connectivity index (χ3n) is 8.68. The maximum Gasteiger partial charge on any atom is 0.306 e. The number of ether oxygens (including phenoxy) is 1. The van der Waals surface area contributed by atoms with E-state index >= 15 is 0 Å². The molecule has 0 radical (unpaired) electrons. The average molecular weight is 619 g/mol. The monoisotopic (exact) mass is 619 g/mol. The molecule has 1 N–H and O–H groups in total. The fourth-order valence-corrected chi connectivity index (χ4v) is 5.80. The van der Waals surface area contributed by atoms with E-state index in [1.54, 1.807) is 0 Å². The normalized spacial score (nSPS) is 12.4. The van der Waals surface area contributed by atoms with Gasteiger partial charge in [0.2, 0.25) is 0 Å². The molecule has 0 aliphatic carbocycles. The van der Waals surface area contributed by atoms with Gasteiger partial charge in [0.1, 0.15) is 6.10 Å². The van der Waals surface area contributed by atoms with Gasteiger partial charge in [0.05, 0.1) is 0 Å². The van der Waals surface area contributed by atoms with Crippen LogP contribution >= 0.6 is 0 Å². The van der Waals surface area contributed by atoms with Crippen LogP contribution in [0.25, 0.3) is 0 Å². The fraction of sp³-hybridized carbons (Fsp3) is 0.850. The molecular weight excluding hydrogens is 544 g/mol. The van der Waals surface area contributed by atoms with Crippen LogP contribution < -0.4 is 0 Å². The lowest BCUT2D eigenvalue weighted by Gasteiger charge is -2.18. The molecule has 0 fully saturated rings. The third-order valence-corrected chi connectivity index (χ3v) is 8.68. The van der Waals surface area contributed by atoms with E-state index < -0.39 is 5.97 Å². The minimum Gasteiger partial charge on any atom is -0.481 e. The van der Waals surface area contributed by atoms with Crippen molar-refractivity contribution in [2.24, 2.45) is 0 Å². The van der Waals surface area contributed by atoms with Crippen LogP contribution in [0.5, 0.6) is 0 Å². The molecule has 0 aromatic heterocycles. The number of hydrogen-bond acceptors (Lipinski definition) is 3. The smallest absolute Gasteiger partial charge is 0.306 e. The lowest BCUT2D eigenvalue weighted by atomic mass is 10.0. The number of carbonyl (C=O) groups excluding carboxylic acids is 1.